The first-order valence-corrected chi connectivity index (χ1v) is 7.36. The van der Waals surface area contributed by atoms with Crippen LogP contribution in [-0.2, 0) is 14.4 Å². The largest absolute Gasteiger partial charge is 0.480 e. The van der Waals surface area contributed by atoms with Crippen molar-refractivity contribution in [1.82, 2.24) is 15.1 Å². The Kier molecular flexibility index (Phi) is 6.76. The highest BCUT2D eigenvalue weighted by Crippen LogP contribution is 2.18. The first kappa shape index (κ1) is 18.4. The zero-order valence-corrected chi connectivity index (χ0v) is 13.3. The number of rotatable bonds is 8. The van der Waals surface area contributed by atoms with Gasteiger partial charge in [0, 0.05) is 19.5 Å². The Bertz CT molecular complexity index is 425. The van der Waals surface area contributed by atoms with E-state index in [1.165, 1.54) is 6.92 Å². The topological polar surface area (TPSA) is 110 Å². The van der Waals surface area contributed by atoms with Crippen LogP contribution in [0.2, 0.25) is 0 Å². The average Bonchev–Trinajstić information content (AvgIpc) is 2.76. The molecule has 0 aliphatic carbocycles. The Morgan fingerprint density at radius 2 is 2.09 bits per heavy atom. The molecular formula is C14H25N3O5. The number of nitrogens with zero attached hydrogens (tertiary/aromatic N) is 2. The number of amides is 2. The second kappa shape index (κ2) is 8.09. The fourth-order valence-electron chi connectivity index (χ4n) is 2.40. The van der Waals surface area contributed by atoms with E-state index >= 15 is 0 Å². The number of carbonyl (C=O) groups excluding carboxylic acids is 2. The quantitative estimate of drug-likeness (QED) is 0.515. The lowest BCUT2D eigenvalue weighted by Crippen LogP contribution is -2.49. The summed E-state index contributed by atoms with van der Waals surface area (Å²) in [5.41, 5.74) is 0. The molecule has 2 amide bonds. The molecule has 1 saturated heterocycles. The molecule has 1 rings (SSSR count). The van der Waals surface area contributed by atoms with Crippen LogP contribution in [0.5, 0.6) is 0 Å². The van der Waals surface area contributed by atoms with Gasteiger partial charge in [-0.3, -0.25) is 9.59 Å². The van der Waals surface area contributed by atoms with Crippen LogP contribution < -0.4 is 5.32 Å². The molecule has 22 heavy (non-hydrogen) atoms. The Balaban J connectivity index is 2.51. The maximum atomic E-state index is 12.1. The lowest BCUT2D eigenvalue weighted by atomic mass is 10.1. The third-order valence-electron chi connectivity index (χ3n) is 3.66. The summed E-state index contributed by atoms with van der Waals surface area (Å²) >= 11 is 0. The molecule has 3 N–H and O–H groups in total. The number of hydrogen-bond donors (Lipinski definition) is 3. The summed E-state index contributed by atoms with van der Waals surface area (Å²) in [4.78, 5) is 38.6. The van der Waals surface area contributed by atoms with E-state index in [0.29, 0.717) is 13.1 Å². The van der Waals surface area contributed by atoms with Gasteiger partial charge >= 0.3 is 5.97 Å². The highest BCUT2D eigenvalue weighted by Gasteiger charge is 2.36. The van der Waals surface area contributed by atoms with Crippen molar-refractivity contribution in [2.45, 2.75) is 31.9 Å². The van der Waals surface area contributed by atoms with Crippen LogP contribution in [0.15, 0.2) is 0 Å². The van der Waals surface area contributed by atoms with Gasteiger partial charge in [-0.15, -0.1) is 0 Å². The van der Waals surface area contributed by atoms with Gasteiger partial charge in [-0.25, -0.2) is 4.79 Å². The zero-order chi connectivity index (χ0) is 16.9. The normalized spacial score (nSPS) is 21.0. The first-order chi connectivity index (χ1) is 10.2. The fraction of sp³-hybridized carbons (Fsp3) is 0.786. The third kappa shape index (κ3) is 5.27. The number of aliphatic hydroxyl groups is 1. The van der Waals surface area contributed by atoms with Crippen LogP contribution in [0.1, 0.15) is 19.8 Å². The second-order valence-electron chi connectivity index (χ2n) is 5.96. The van der Waals surface area contributed by atoms with Crippen LogP contribution >= 0.6 is 0 Å². The molecule has 8 nitrogen and oxygen atoms in total. The Hall–Kier alpha value is -1.67. The zero-order valence-electron chi connectivity index (χ0n) is 13.3. The maximum Gasteiger partial charge on any atom is 0.328 e. The van der Waals surface area contributed by atoms with Crippen molar-refractivity contribution < 1.29 is 24.6 Å². The third-order valence-corrected chi connectivity index (χ3v) is 3.66. The van der Waals surface area contributed by atoms with Gasteiger partial charge in [0.15, 0.2) is 6.04 Å². The molecule has 0 bridgehead atoms. The predicted molar refractivity (Wildman–Crippen MR) is 79.1 cm³/mol. The molecule has 1 heterocycles. The van der Waals surface area contributed by atoms with E-state index in [4.69, 9.17) is 5.11 Å². The summed E-state index contributed by atoms with van der Waals surface area (Å²) in [7, 11) is 3.90. The van der Waals surface area contributed by atoms with Gasteiger partial charge < -0.3 is 25.3 Å². The van der Waals surface area contributed by atoms with Crippen LogP contribution in [0.4, 0.5) is 0 Å². The molecule has 0 aromatic heterocycles. The van der Waals surface area contributed by atoms with Crippen LogP contribution in [0.3, 0.4) is 0 Å². The highest BCUT2D eigenvalue weighted by molar-refractivity contribution is 5.91. The van der Waals surface area contributed by atoms with Crippen molar-refractivity contribution in [2.75, 3.05) is 33.7 Å². The summed E-state index contributed by atoms with van der Waals surface area (Å²) < 4.78 is 0. The highest BCUT2D eigenvalue weighted by atomic mass is 16.4. The number of likely N-dealkylation sites (tertiary alicyclic amines) is 1. The minimum absolute atomic E-state index is 0.0833. The molecular weight excluding hydrogens is 290 g/mol. The average molecular weight is 315 g/mol. The molecule has 3 atom stereocenters. The Morgan fingerprint density at radius 1 is 1.45 bits per heavy atom. The van der Waals surface area contributed by atoms with Crippen LogP contribution in [0.25, 0.3) is 0 Å². The van der Waals surface area contributed by atoms with E-state index in [0.717, 1.165) is 13.0 Å². The van der Waals surface area contributed by atoms with E-state index in [9.17, 15) is 19.5 Å². The van der Waals surface area contributed by atoms with Gasteiger partial charge in [0.25, 0.3) is 0 Å². The van der Waals surface area contributed by atoms with Crippen molar-refractivity contribution in [3.8, 4) is 0 Å². The molecule has 0 saturated carbocycles. The van der Waals surface area contributed by atoms with Gasteiger partial charge in [-0.1, -0.05) is 0 Å². The van der Waals surface area contributed by atoms with Crippen LogP contribution in [-0.4, -0.2) is 83.7 Å². The molecule has 126 valence electrons. The molecule has 1 fully saturated rings. The number of aliphatic hydroxyl groups excluding tert-OH is 1. The number of aliphatic carboxylic acids is 1. The van der Waals surface area contributed by atoms with Crippen LogP contribution in [0, 0.1) is 5.92 Å². The van der Waals surface area contributed by atoms with Gasteiger partial charge in [0.1, 0.15) is 0 Å². The van der Waals surface area contributed by atoms with E-state index in [1.807, 2.05) is 19.0 Å². The molecule has 0 radical (unpaired) electrons. The summed E-state index contributed by atoms with van der Waals surface area (Å²) in [6.45, 7) is 3.03. The molecule has 0 aromatic rings. The van der Waals surface area contributed by atoms with Crippen molar-refractivity contribution in [3.05, 3.63) is 0 Å². The Morgan fingerprint density at radius 3 is 2.59 bits per heavy atom. The van der Waals surface area contributed by atoms with Crippen molar-refractivity contribution in [3.63, 3.8) is 0 Å². The van der Waals surface area contributed by atoms with Crippen molar-refractivity contribution >= 4 is 17.8 Å². The van der Waals surface area contributed by atoms with Crippen molar-refractivity contribution in [2.24, 2.45) is 5.92 Å². The standard InChI is InChI=1S/C14H25N3O5/c1-9(18)12(14(21)22)15-13(20)10-7-11(19)17(8-10)6-4-5-16(2)3/h9-10,12,18H,4-8H2,1-3H3,(H,15,20)(H,21,22). The lowest BCUT2D eigenvalue weighted by molar-refractivity contribution is -0.145. The number of nitrogens with one attached hydrogen (secondary N) is 1. The van der Waals surface area contributed by atoms with Gasteiger partial charge in [-0.05, 0) is 34.0 Å². The number of hydrogen-bond acceptors (Lipinski definition) is 5. The SMILES string of the molecule is CC(O)C(NC(=O)C1CC(=O)N(CCCN(C)C)C1)C(=O)O. The van der Waals surface area contributed by atoms with Gasteiger partial charge in [0.05, 0.1) is 12.0 Å². The first-order valence-electron chi connectivity index (χ1n) is 7.36. The molecule has 1 aliphatic heterocycles. The summed E-state index contributed by atoms with van der Waals surface area (Å²) in [5.74, 6) is -2.46. The number of carboxylic acid groups (broad SMARTS) is 1. The van der Waals surface area contributed by atoms with Gasteiger partial charge in [0.2, 0.25) is 11.8 Å². The minimum atomic E-state index is -1.36. The smallest absolute Gasteiger partial charge is 0.328 e. The van der Waals surface area contributed by atoms with E-state index in [1.54, 1.807) is 4.90 Å². The number of carboxylic acids is 1. The predicted octanol–water partition coefficient (Wildman–Crippen LogP) is -1.26. The molecule has 3 unspecified atom stereocenters. The molecule has 1 aliphatic rings. The summed E-state index contributed by atoms with van der Waals surface area (Å²) in [6, 6.07) is -1.36. The van der Waals surface area contributed by atoms with Gasteiger partial charge in [-0.2, -0.15) is 0 Å². The van der Waals surface area contributed by atoms with E-state index in [2.05, 4.69) is 5.32 Å². The number of carbonyl (C=O) groups is 3. The molecule has 8 heteroatoms. The fourth-order valence-corrected chi connectivity index (χ4v) is 2.40. The lowest BCUT2D eigenvalue weighted by Gasteiger charge is -2.20. The molecule has 0 spiro atoms. The molecule has 0 aromatic carbocycles. The monoisotopic (exact) mass is 315 g/mol. The summed E-state index contributed by atoms with van der Waals surface area (Å²) in [5, 5.41) is 20.6. The Labute approximate surface area is 130 Å². The van der Waals surface area contributed by atoms with E-state index in [-0.39, 0.29) is 12.3 Å². The van der Waals surface area contributed by atoms with Crippen molar-refractivity contribution in [1.29, 1.82) is 0 Å². The minimum Gasteiger partial charge on any atom is -0.480 e. The maximum absolute atomic E-state index is 12.1. The van der Waals surface area contributed by atoms with E-state index < -0.39 is 29.9 Å². The second-order valence-corrected chi connectivity index (χ2v) is 5.96. The summed E-state index contributed by atoms with van der Waals surface area (Å²) in [6.07, 6.45) is -0.298.